The highest BCUT2D eigenvalue weighted by molar-refractivity contribution is 5.94. The molecule has 1 aromatic heterocycles. The molecular weight excluding hydrogens is 373 g/mol. The molecule has 0 saturated carbocycles. The van der Waals surface area contributed by atoms with Crippen LogP contribution in [0.25, 0.3) is 11.3 Å². The van der Waals surface area contributed by atoms with Gasteiger partial charge >= 0.3 is 6.18 Å². The van der Waals surface area contributed by atoms with Crippen LogP contribution in [0.15, 0.2) is 59.7 Å². The molecule has 0 atom stereocenters. The minimum atomic E-state index is -4.51. The first kappa shape index (κ1) is 19.2. The molecule has 144 valence electrons. The fraction of sp³-hybridized carbons (Fsp3) is 0.105. The largest absolute Gasteiger partial charge is 0.497 e. The van der Waals surface area contributed by atoms with Crippen molar-refractivity contribution in [2.24, 2.45) is 5.10 Å². The van der Waals surface area contributed by atoms with Crippen molar-refractivity contribution in [1.29, 1.82) is 0 Å². The number of hydrogen-bond acceptors (Lipinski definition) is 4. The number of aromatic nitrogens is 2. The van der Waals surface area contributed by atoms with Crippen molar-refractivity contribution in [2.45, 2.75) is 6.18 Å². The molecule has 0 spiro atoms. The number of hydrazone groups is 1. The van der Waals surface area contributed by atoms with Crippen LogP contribution >= 0.6 is 0 Å². The molecule has 0 fully saturated rings. The second kappa shape index (κ2) is 7.95. The summed E-state index contributed by atoms with van der Waals surface area (Å²) in [5, 5.41) is 10.2. The Labute approximate surface area is 158 Å². The van der Waals surface area contributed by atoms with Gasteiger partial charge in [-0.15, -0.1) is 0 Å². The minimum absolute atomic E-state index is 0.118. The Kier molecular flexibility index (Phi) is 5.44. The molecule has 0 unspecified atom stereocenters. The summed E-state index contributed by atoms with van der Waals surface area (Å²) in [6, 6.07) is 13.5. The summed E-state index contributed by atoms with van der Waals surface area (Å²) in [5.74, 6) is 0.0544. The highest BCUT2D eigenvalue weighted by Crippen LogP contribution is 2.31. The van der Waals surface area contributed by atoms with Gasteiger partial charge in [-0.3, -0.25) is 9.89 Å². The summed E-state index contributed by atoms with van der Waals surface area (Å²) in [6.07, 6.45) is -3.56. The molecule has 9 heteroatoms. The maximum atomic E-state index is 12.9. The number of nitrogens with one attached hydrogen (secondary N) is 2. The maximum Gasteiger partial charge on any atom is 0.417 e. The van der Waals surface area contributed by atoms with Crippen LogP contribution in [0.2, 0.25) is 0 Å². The lowest BCUT2D eigenvalue weighted by Gasteiger charge is -2.09. The molecule has 0 aliphatic heterocycles. The zero-order valence-corrected chi connectivity index (χ0v) is 14.6. The number of carbonyl (C=O) groups excluding carboxylic acids is 1. The van der Waals surface area contributed by atoms with E-state index in [9.17, 15) is 18.0 Å². The molecule has 0 saturated heterocycles. The van der Waals surface area contributed by atoms with Crippen LogP contribution < -0.4 is 10.2 Å². The minimum Gasteiger partial charge on any atom is -0.497 e. The number of hydrogen-bond donors (Lipinski definition) is 2. The predicted octanol–water partition coefficient (Wildman–Crippen LogP) is 3.87. The Hall–Kier alpha value is -3.62. The quantitative estimate of drug-likeness (QED) is 0.514. The van der Waals surface area contributed by atoms with Gasteiger partial charge in [0.1, 0.15) is 11.4 Å². The first-order valence-electron chi connectivity index (χ1n) is 8.08. The summed E-state index contributed by atoms with van der Waals surface area (Å²) >= 11 is 0. The number of benzene rings is 2. The second-order valence-corrected chi connectivity index (χ2v) is 5.68. The first-order chi connectivity index (χ1) is 13.4. The summed E-state index contributed by atoms with van der Waals surface area (Å²) in [6.45, 7) is 0. The van der Waals surface area contributed by atoms with E-state index in [1.54, 1.807) is 31.4 Å². The lowest BCUT2D eigenvalue weighted by Crippen LogP contribution is -2.18. The van der Waals surface area contributed by atoms with Gasteiger partial charge in [0.05, 0.1) is 24.6 Å². The van der Waals surface area contributed by atoms with Crippen LogP contribution in [0, 0.1) is 0 Å². The molecule has 2 N–H and O–H groups in total. The van der Waals surface area contributed by atoms with Crippen molar-refractivity contribution in [1.82, 2.24) is 15.6 Å². The van der Waals surface area contributed by atoms with Gasteiger partial charge in [0.2, 0.25) is 0 Å². The van der Waals surface area contributed by atoms with Gasteiger partial charge in [-0.2, -0.15) is 23.4 Å². The Balaban J connectivity index is 1.69. The molecule has 3 rings (SSSR count). The van der Waals surface area contributed by atoms with Gasteiger partial charge in [0.25, 0.3) is 5.91 Å². The fourth-order valence-corrected chi connectivity index (χ4v) is 2.44. The Morgan fingerprint density at radius 3 is 2.57 bits per heavy atom. The molecule has 0 radical (unpaired) electrons. The SMILES string of the molecule is COc1ccc(-c2cc(C(=O)N/N=C/c3ccccc3C(F)(F)F)[nH]n2)cc1. The second-order valence-electron chi connectivity index (χ2n) is 5.68. The number of alkyl halides is 3. The molecule has 0 aliphatic carbocycles. The lowest BCUT2D eigenvalue weighted by atomic mass is 10.1. The summed E-state index contributed by atoms with van der Waals surface area (Å²) in [5.41, 5.74) is 2.60. The number of H-pyrrole nitrogens is 1. The standard InChI is InChI=1S/C19H15F3N4O2/c1-28-14-8-6-12(7-9-14)16-10-17(25-24-16)18(27)26-23-11-13-4-2-3-5-15(13)19(20,21)22/h2-11H,1H3,(H,24,25)(H,26,27)/b23-11+. The zero-order valence-electron chi connectivity index (χ0n) is 14.6. The number of amides is 1. The van der Waals surface area contributed by atoms with E-state index in [-0.39, 0.29) is 11.3 Å². The van der Waals surface area contributed by atoms with E-state index in [0.29, 0.717) is 11.4 Å². The van der Waals surface area contributed by atoms with E-state index in [1.807, 2.05) is 0 Å². The van der Waals surface area contributed by atoms with E-state index >= 15 is 0 Å². The monoisotopic (exact) mass is 388 g/mol. The van der Waals surface area contributed by atoms with E-state index in [0.717, 1.165) is 17.8 Å². The number of nitrogens with zero attached hydrogens (tertiary/aromatic N) is 2. The molecule has 3 aromatic rings. The van der Waals surface area contributed by atoms with Gasteiger partial charge in [-0.05, 0) is 36.4 Å². The molecule has 0 aliphatic rings. The van der Waals surface area contributed by atoms with Gasteiger partial charge in [0, 0.05) is 11.1 Å². The molecule has 0 bridgehead atoms. The van der Waals surface area contributed by atoms with Gasteiger partial charge in [-0.25, -0.2) is 5.43 Å². The zero-order chi connectivity index (χ0) is 20.1. The van der Waals surface area contributed by atoms with Crippen molar-refractivity contribution in [3.8, 4) is 17.0 Å². The maximum absolute atomic E-state index is 12.9. The number of halogens is 3. The third-order valence-electron chi connectivity index (χ3n) is 3.84. The van der Waals surface area contributed by atoms with Crippen molar-refractivity contribution in [2.75, 3.05) is 7.11 Å². The number of methoxy groups -OCH3 is 1. The van der Waals surface area contributed by atoms with Crippen LogP contribution in [0.1, 0.15) is 21.6 Å². The Morgan fingerprint density at radius 1 is 1.18 bits per heavy atom. The Morgan fingerprint density at radius 2 is 1.89 bits per heavy atom. The molecule has 6 nitrogen and oxygen atoms in total. The average molecular weight is 388 g/mol. The van der Waals surface area contributed by atoms with Crippen LogP contribution in [0.5, 0.6) is 5.75 Å². The van der Waals surface area contributed by atoms with Gasteiger partial charge < -0.3 is 4.74 Å². The number of aromatic amines is 1. The van der Waals surface area contributed by atoms with Crippen molar-refractivity contribution in [3.05, 3.63) is 71.4 Å². The van der Waals surface area contributed by atoms with Crippen molar-refractivity contribution in [3.63, 3.8) is 0 Å². The lowest BCUT2D eigenvalue weighted by molar-refractivity contribution is -0.137. The van der Waals surface area contributed by atoms with Crippen LogP contribution in [-0.4, -0.2) is 29.4 Å². The highest BCUT2D eigenvalue weighted by atomic mass is 19.4. The number of rotatable bonds is 5. The van der Waals surface area contributed by atoms with E-state index in [2.05, 4.69) is 20.7 Å². The van der Waals surface area contributed by atoms with E-state index in [4.69, 9.17) is 4.74 Å². The topological polar surface area (TPSA) is 79.4 Å². The van der Waals surface area contributed by atoms with Crippen LogP contribution in [0.4, 0.5) is 13.2 Å². The van der Waals surface area contributed by atoms with Gasteiger partial charge in [0.15, 0.2) is 0 Å². The third-order valence-corrected chi connectivity index (χ3v) is 3.84. The first-order valence-corrected chi connectivity index (χ1v) is 8.08. The summed E-state index contributed by atoms with van der Waals surface area (Å²) in [7, 11) is 1.56. The fourth-order valence-electron chi connectivity index (χ4n) is 2.44. The van der Waals surface area contributed by atoms with Gasteiger partial charge in [-0.1, -0.05) is 18.2 Å². The normalized spacial score (nSPS) is 11.6. The van der Waals surface area contributed by atoms with E-state index in [1.165, 1.54) is 24.3 Å². The van der Waals surface area contributed by atoms with Crippen molar-refractivity contribution < 1.29 is 22.7 Å². The molecule has 1 amide bonds. The Bertz CT molecular complexity index is 995. The summed E-state index contributed by atoms with van der Waals surface area (Å²) < 4.78 is 43.9. The van der Waals surface area contributed by atoms with Crippen molar-refractivity contribution >= 4 is 12.1 Å². The third kappa shape index (κ3) is 4.37. The average Bonchev–Trinajstić information content (AvgIpc) is 3.18. The highest BCUT2D eigenvalue weighted by Gasteiger charge is 2.32. The molecular formula is C19H15F3N4O2. The van der Waals surface area contributed by atoms with Crippen LogP contribution in [0.3, 0.4) is 0 Å². The van der Waals surface area contributed by atoms with E-state index < -0.39 is 17.6 Å². The summed E-state index contributed by atoms with van der Waals surface area (Å²) in [4.78, 5) is 12.1. The number of ether oxygens (including phenoxy) is 1. The van der Waals surface area contributed by atoms with Crippen LogP contribution in [-0.2, 0) is 6.18 Å². The smallest absolute Gasteiger partial charge is 0.417 e. The molecule has 28 heavy (non-hydrogen) atoms. The molecule has 1 heterocycles. The number of carbonyl (C=O) groups is 1. The predicted molar refractivity (Wildman–Crippen MR) is 97.1 cm³/mol. The molecule has 2 aromatic carbocycles.